The number of nitrogens with zero attached hydrogens (tertiary/aromatic N) is 4. The van der Waals surface area contributed by atoms with Crippen molar-refractivity contribution in [2.75, 3.05) is 0 Å². The van der Waals surface area contributed by atoms with Gasteiger partial charge in [0.25, 0.3) is 5.56 Å². The summed E-state index contributed by atoms with van der Waals surface area (Å²) in [5.74, 6) is 0.888. The Bertz CT molecular complexity index is 727. The number of fused-ring (bicyclic) bond motifs is 1. The van der Waals surface area contributed by atoms with Crippen LogP contribution in [0.5, 0.6) is 0 Å². The van der Waals surface area contributed by atoms with Crippen LogP contribution in [0.4, 0.5) is 0 Å². The van der Waals surface area contributed by atoms with Gasteiger partial charge in [0.05, 0.1) is 11.7 Å². The van der Waals surface area contributed by atoms with Gasteiger partial charge in [0.1, 0.15) is 11.4 Å². The minimum atomic E-state index is -0.0906. The van der Waals surface area contributed by atoms with Crippen LogP contribution in [0.3, 0.4) is 0 Å². The molecule has 0 saturated carbocycles. The molecule has 3 rings (SSSR count). The summed E-state index contributed by atoms with van der Waals surface area (Å²) >= 11 is 1.44. The smallest absolute Gasteiger partial charge is 0.262 e. The van der Waals surface area contributed by atoms with Gasteiger partial charge < -0.3 is 4.42 Å². The van der Waals surface area contributed by atoms with Crippen molar-refractivity contribution >= 4 is 21.6 Å². The highest BCUT2D eigenvalue weighted by Gasteiger charge is 2.08. The average molecular weight is 248 g/mol. The van der Waals surface area contributed by atoms with Gasteiger partial charge in [-0.05, 0) is 11.4 Å². The van der Waals surface area contributed by atoms with Crippen molar-refractivity contribution in [1.82, 2.24) is 19.7 Å². The number of rotatable bonds is 2. The van der Waals surface area contributed by atoms with Crippen molar-refractivity contribution in [1.29, 1.82) is 0 Å². The molecule has 17 heavy (non-hydrogen) atoms. The normalized spacial score (nSPS) is 11.1. The molecule has 86 valence electrons. The fourth-order valence-electron chi connectivity index (χ4n) is 1.55. The minimum absolute atomic E-state index is 0.0906. The monoisotopic (exact) mass is 248 g/mol. The topological polar surface area (TPSA) is 73.8 Å². The van der Waals surface area contributed by atoms with Crippen molar-refractivity contribution in [2.45, 2.75) is 13.5 Å². The summed E-state index contributed by atoms with van der Waals surface area (Å²) in [6.45, 7) is 1.96. The molecule has 7 heteroatoms. The Labute approximate surface area is 99.6 Å². The summed E-state index contributed by atoms with van der Waals surface area (Å²) in [6, 6.07) is 1.77. The third-order valence-corrected chi connectivity index (χ3v) is 3.14. The molecule has 0 fully saturated rings. The zero-order chi connectivity index (χ0) is 11.8. The molecule has 0 aliphatic rings. The largest absolute Gasteiger partial charge is 0.424 e. The third-order valence-electron chi connectivity index (χ3n) is 2.32. The van der Waals surface area contributed by atoms with Gasteiger partial charge in [-0.3, -0.25) is 9.36 Å². The number of thiophene rings is 1. The summed E-state index contributed by atoms with van der Waals surface area (Å²) in [5.41, 5.74) is -0.0906. The lowest BCUT2D eigenvalue weighted by molar-refractivity contribution is 0.451. The van der Waals surface area contributed by atoms with Gasteiger partial charge in [0.15, 0.2) is 0 Å². The van der Waals surface area contributed by atoms with E-state index in [4.69, 9.17) is 4.42 Å². The Morgan fingerprint density at radius 3 is 3.12 bits per heavy atom. The summed E-state index contributed by atoms with van der Waals surface area (Å²) in [7, 11) is 0. The Balaban J connectivity index is 2.06. The number of hydrogen-bond donors (Lipinski definition) is 0. The first-order valence-electron chi connectivity index (χ1n) is 4.95. The Hall–Kier alpha value is -2.02. The van der Waals surface area contributed by atoms with Crippen LogP contribution in [0.15, 0.2) is 27.0 Å². The van der Waals surface area contributed by atoms with Crippen LogP contribution in [0.2, 0.25) is 0 Å². The third kappa shape index (κ3) is 1.74. The number of hydrogen-bond acceptors (Lipinski definition) is 6. The molecule has 0 unspecified atom stereocenters. The van der Waals surface area contributed by atoms with Crippen LogP contribution in [0.25, 0.3) is 10.2 Å². The molecule has 0 N–H and O–H groups in total. The van der Waals surface area contributed by atoms with E-state index in [-0.39, 0.29) is 12.1 Å². The molecule has 0 saturated heterocycles. The number of aryl methyl sites for hydroxylation is 1. The molecule has 0 aromatic carbocycles. The molecule has 3 aromatic rings. The molecule has 0 aliphatic heterocycles. The second-order valence-electron chi connectivity index (χ2n) is 3.53. The molecule has 3 heterocycles. The van der Waals surface area contributed by atoms with Crippen molar-refractivity contribution in [2.24, 2.45) is 0 Å². The Morgan fingerprint density at radius 2 is 2.35 bits per heavy atom. The van der Waals surface area contributed by atoms with Gasteiger partial charge in [-0.25, -0.2) is 4.98 Å². The predicted molar refractivity (Wildman–Crippen MR) is 62.0 cm³/mol. The summed E-state index contributed by atoms with van der Waals surface area (Å²) in [6.07, 6.45) is 1.50. The van der Waals surface area contributed by atoms with Gasteiger partial charge in [-0.1, -0.05) is 0 Å². The van der Waals surface area contributed by atoms with Crippen LogP contribution < -0.4 is 5.56 Å². The zero-order valence-corrected chi connectivity index (χ0v) is 9.77. The quantitative estimate of drug-likeness (QED) is 0.681. The summed E-state index contributed by atoms with van der Waals surface area (Å²) in [4.78, 5) is 17.0. The molecule has 0 radical (unpaired) electrons. The maximum atomic E-state index is 12.0. The maximum Gasteiger partial charge on any atom is 0.262 e. The van der Waals surface area contributed by atoms with E-state index in [2.05, 4.69) is 15.2 Å². The first kappa shape index (κ1) is 10.2. The molecule has 0 bridgehead atoms. The molecule has 3 aromatic heterocycles. The highest BCUT2D eigenvalue weighted by Crippen LogP contribution is 2.13. The van der Waals surface area contributed by atoms with Crippen molar-refractivity contribution < 1.29 is 4.42 Å². The van der Waals surface area contributed by atoms with E-state index in [0.717, 1.165) is 4.83 Å². The van der Waals surface area contributed by atoms with Crippen LogP contribution in [0.1, 0.15) is 11.8 Å². The highest BCUT2D eigenvalue weighted by molar-refractivity contribution is 7.16. The SMILES string of the molecule is Cc1nnc(Cn2cnc3sccc3c2=O)o1. The summed E-state index contributed by atoms with van der Waals surface area (Å²) < 4.78 is 6.69. The van der Waals surface area contributed by atoms with E-state index >= 15 is 0 Å². The second kappa shape index (κ2) is 3.77. The first-order valence-corrected chi connectivity index (χ1v) is 5.83. The van der Waals surface area contributed by atoms with Gasteiger partial charge in [0.2, 0.25) is 11.8 Å². The first-order chi connectivity index (χ1) is 8.24. The van der Waals surface area contributed by atoms with E-state index in [1.165, 1.54) is 22.2 Å². The Morgan fingerprint density at radius 1 is 1.47 bits per heavy atom. The van der Waals surface area contributed by atoms with E-state index in [1.54, 1.807) is 13.0 Å². The fourth-order valence-corrected chi connectivity index (χ4v) is 2.28. The van der Waals surface area contributed by atoms with Gasteiger partial charge in [-0.2, -0.15) is 0 Å². The van der Waals surface area contributed by atoms with Crippen LogP contribution in [0, 0.1) is 6.92 Å². The highest BCUT2D eigenvalue weighted by atomic mass is 32.1. The standard InChI is InChI=1S/C10H8N4O2S/c1-6-12-13-8(16-6)4-14-5-11-9-7(10(14)15)2-3-17-9/h2-3,5H,4H2,1H3. The lowest BCUT2D eigenvalue weighted by Crippen LogP contribution is -2.20. The van der Waals surface area contributed by atoms with Crippen LogP contribution in [-0.2, 0) is 6.54 Å². The lowest BCUT2D eigenvalue weighted by Gasteiger charge is -2.00. The maximum absolute atomic E-state index is 12.0. The molecule has 0 spiro atoms. The average Bonchev–Trinajstić information content (AvgIpc) is 2.92. The zero-order valence-electron chi connectivity index (χ0n) is 8.95. The van der Waals surface area contributed by atoms with Gasteiger partial charge in [-0.15, -0.1) is 21.5 Å². The minimum Gasteiger partial charge on any atom is -0.424 e. The molecule has 0 amide bonds. The number of aromatic nitrogens is 4. The van der Waals surface area contributed by atoms with Gasteiger partial charge in [0, 0.05) is 6.92 Å². The molecular formula is C10H8N4O2S. The molecule has 6 nitrogen and oxygen atoms in total. The predicted octanol–water partition coefficient (Wildman–Crippen LogP) is 1.20. The Kier molecular flexibility index (Phi) is 2.25. The summed E-state index contributed by atoms with van der Waals surface area (Å²) in [5, 5.41) is 10.0. The van der Waals surface area contributed by atoms with Crippen LogP contribution >= 0.6 is 11.3 Å². The molecule has 0 aliphatic carbocycles. The van der Waals surface area contributed by atoms with E-state index in [0.29, 0.717) is 17.2 Å². The van der Waals surface area contributed by atoms with E-state index in [9.17, 15) is 4.79 Å². The van der Waals surface area contributed by atoms with Gasteiger partial charge >= 0.3 is 0 Å². The fraction of sp³-hybridized carbons (Fsp3) is 0.200. The van der Waals surface area contributed by atoms with Crippen LogP contribution in [-0.4, -0.2) is 19.7 Å². The lowest BCUT2D eigenvalue weighted by atomic mass is 10.4. The van der Waals surface area contributed by atoms with Crippen molar-refractivity contribution in [3.63, 3.8) is 0 Å². The van der Waals surface area contributed by atoms with E-state index < -0.39 is 0 Å². The van der Waals surface area contributed by atoms with Crippen molar-refractivity contribution in [3.05, 3.63) is 39.9 Å². The van der Waals surface area contributed by atoms with E-state index in [1.807, 2.05) is 5.38 Å². The van der Waals surface area contributed by atoms with Crippen molar-refractivity contribution in [3.8, 4) is 0 Å². The molecular weight excluding hydrogens is 240 g/mol. The molecule has 0 atom stereocenters. The second-order valence-corrected chi connectivity index (χ2v) is 4.43.